The third kappa shape index (κ3) is 2.67. The highest BCUT2D eigenvalue weighted by molar-refractivity contribution is 6.05. The van der Waals surface area contributed by atoms with Gasteiger partial charge in [0, 0.05) is 5.92 Å². The average molecular weight is 355 g/mol. The standard InChI is InChI=1S/C20H21NO5/c1-19(2,25)20(21,17(22)23)18(24)26-11-16-14-9-5-3-7-12(14)13-8-4-6-10-15(13)16/h3-10,16,25H,11,21H2,1-2H3,(H,22,23)/t20-/m1/s1. The van der Waals surface area contributed by atoms with Gasteiger partial charge in [-0.05, 0) is 36.1 Å². The van der Waals surface area contributed by atoms with Crippen molar-refractivity contribution in [2.45, 2.75) is 30.9 Å². The molecular formula is C20H21NO5. The van der Waals surface area contributed by atoms with Crippen molar-refractivity contribution in [2.75, 3.05) is 6.61 Å². The molecule has 0 saturated heterocycles. The number of esters is 1. The van der Waals surface area contributed by atoms with E-state index in [2.05, 4.69) is 0 Å². The number of fused-ring (bicyclic) bond motifs is 3. The van der Waals surface area contributed by atoms with Crippen LogP contribution in [0.25, 0.3) is 11.1 Å². The van der Waals surface area contributed by atoms with Gasteiger partial charge in [-0.2, -0.15) is 0 Å². The van der Waals surface area contributed by atoms with Crippen molar-refractivity contribution in [3.05, 3.63) is 59.7 Å². The predicted octanol–water partition coefficient (Wildman–Crippen LogP) is 1.90. The zero-order chi connectivity index (χ0) is 19.1. The monoisotopic (exact) mass is 355 g/mol. The van der Waals surface area contributed by atoms with Gasteiger partial charge < -0.3 is 20.7 Å². The summed E-state index contributed by atoms with van der Waals surface area (Å²) in [4.78, 5) is 24.0. The fourth-order valence-electron chi connectivity index (χ4n) is 3.31. The maximum Gasteiger partial charge on any atom is 0.340 e. The van der Waals surface area contributed by atoms with Gasteiger partial charge in [0.15, 0.2) is 0 Å². The maximum absolute atomic E-state index is 12.4. The predicted molar refractivity (Wildman–Crippen MR) is 95.5 cm³/mol. The van der Waals surface area contributed by atoms with Crippen molar-refractivity contribution in [3.8, 4) is 11.1 Å². The van der Waals surface area contributed by atoms with Crippen LogP contribution in [0.15, 0.2) is 48.5 Å². The molecule has 0 heterocycles. The average Bonchev–Trinajstić information content (AvgIpc) is 2.92. The Balaban J connectivity index is 1.89. The number of carboxylic acid groups (broad SMARTS) is 1. The summed E-state index contributed by atoms with van der Waals surface area (Å²) in [5, 5.41) is 19.4. The number of hydrogen-bond acceptors (Lipinski definition) is 5. The first-order valence-electron chi connectivity index (χ1n) is 8.28. The molecule has 1 atom stereocenters. The summed E-state index contributed by atoms with van der Waals surface area (Å²) in [7, 11) is 0. The summed E-state index contributed by atoms with van der Waals surface area (Å²) in [6.07, 6.45) is 0. The molecule has 4 N–H and O–H groups in total. The van der Waals surface area contributed by atoms with E-state index in [0.29, 0.717) is 0 Å². The Morgan fingerprint density at radius 2 is 1.50 bits per heavy atom. The summed E-state index contributed by atoms with van der Waals surface area (Å²) in [6, 6.07) is 15.6. The van der Waals surface area contributed by atoms with Crippen LogP contribution in [0.3, 0.4) is 0 Å². The summed E-state index contributed by atoms with van der Waals surface area (Å²) >= 11 is 0. The van der Waals surface area contributed by atoms with Crippen LogP contribution in [-0.2, 0) is 14.3 Å². The van der Waals surface area contributed by atoms with E-state index < -0.39 is 23.1 Å². The largest absolute Gasteiger partial charge is 0.479 e. The van der Waals surface area contributed by atoms with E-state index >= 15 is 0 Å². The van der Waals surface area contributed by atoms with Crippen molar-refractivity contribution in [1.29, 1.82) is 0 Å². The molecule has 3 rings (SSSR count). The summed E-state index contributed by atoms with van der Waals surface area (Å²) in [5.41, 5.74) is 5.30. The number of aliphatic hydroxyl groups is 1. The summed E-state index contributed by atoms with van der Waals surface area (Å²) in [6.45, 7) is 2.28. The SMILES string of the molecule is CC(C)(O)[C@@](N)(C(=O)O)C(=O)OCC1c2ccccc2-c2ccccc21. The third-order valence-corrected chi connectivity index (χ3v) is 4.97. The van der Waals surface area contributed by atoms with Crippen molar-refractivity contribution in [1.82, 2.24) is 0 Å². The highest BCUT2D eigenvalue weighted by Crippen LogP contribution is 2.44. The minimum atomic E-state index is -2.55. The summed E-state index contributed by atoms with van der Waals surface area (Å²) < 4.78 is 5.29. The molecule has 0 spiro atoms. The molecule has 0 aliphatic heterocycles. The van der Waals surface area contributed by atoms with E-state index in [9.17, 15) is 19.8 Å². The fourth-order valence-corrected chi connectivity index (χ4v) is 3.31. The number of benzene rings is 2. The number of nitrogens with two attached hydrogens (primary N) is 1. The Morgan fingerprint density at radius 3 is 1.92 bits per heavy atom. The zero-order valence-electron chi connectivity index (χ0n) is 14.6. The molecule has 0 unspecified atom stereocenters. The van der Waals surface area contributed by atoms with E-state index in [1.54, 1.807) is 0 Å². The van der Waals surface area contributed by atoms with Crippen LogP contribution < -0.4 is 5.73 Å². The smallest absolute Gasteiger partial charge is 0.340 e. The Labute approximate surface area is 151 Å². The summed E-state index contributed by atoms with van der Waals surface area (Å²) in [5.74, 6) is -3.02. The van der Waals surface area contributed by atoms with Crippen molar-refractivity contribution in [2.24, 2.45) is 5.73 Å². The van der Waals surface area contributed by atoms with Gasteiger partial charge in [0.25, 0.3) is 0 Å². The topological polar surface area (TPSA) is 110 Å². The van der Waals surface area contributed by atoms with E-state index in [1.165, 1.54) is 13.8 Å². The van der Waals surface area contributed by atoms with Gasteiger partial charge in [-0.15, -0.1) is 0 Å². The van der Waals surface area contributed by atoms with E-state index in [-0.39, 0.29) is 12.5 Å². The molecule has 6 heteroatoms. The Morgan fingerprint density at radius 1 is 1.04 bits per heavy atom. The second kappa shape index (κ2) is 6.23. The van der Waals surface area contributed by atoms with Crippen LogP contribution in [0.2, 0.25) is 0 Å². The second-order valence-electron chi connectivity index (χ2n) is 7.00. The molecule has 2 aromatic carbocycles. The lowest BCUT2D eigenvalue weighted by Crippen LogP contribution is -2.68. The van der Waals surface area contributed by atoms with Gasteiger partial charge in [0.2, 0.25) is 5.54 Å². The lowest BCUT2D eigenvalue weighted by molar-refractivity contribution is -0.173. The Bertz CT molecular complexity index is 825. The lowest BCUT2D eigenvalue weighted by atomic mass is 9.83. The second-order valence-corrected chi connectivity index (χ2v) is 7.00. The molecule has 1 aliphatic rings. The van der Waals surface area contributed by atoms with Gasteiger partial charge in [-0.25, -0.2) is 9.59 Å². The first-order valence-corrected chi connectivity index (χ1v) is 8.28. The van der Waals surface area contributed by atoms with Gasteiger partial charge in [0.1, 0.15) is 6.61 Å². The number of ether oxygens (including phenoxy) is 1. The third-order valence-electron chi connectivity index (χ3n) is 4.97. The zero-order valence-corrected chi connectivity index (χ0v) is 14.6. The molecule has 1 aliphatic carbocycles. The quantitative estimate of drug-likeness (QED) is 0.558. The molecule has 136 valence electrons. The van der Waals surface area contributed by atoms with Crippen LogP contribution in [-0.4, -0.2) is 39.9 Å². The number of aliphatic carboxylic acids is 1. The number of carbonyl (C=O) groups is 2. The molecule has 2 aromatic rings. The van der Waals surface area contributed by atoms with Crippen LogP contribution >= 0.6 is 0 Å². The number of carbonyl (C=O) groups excluding carboxylic acids is 1. The highest BCUT2D eigenvalue weighted by Gasteiger charge is 2.56. The van der Waals surface area contributed by atoms with E-state index in [4.69, 9.17) is 10.5 Å². The Kier molecular flexibility index (Phi) is 4.34. The first kappa shape index (κ1) is 18.1. The van der Waals surface area contributed by atoms with Crippen molar-refractivity contribution < 1.29 is 24.5 Å². The van der Waals surface area contributed by atoms with Crippen LogP contribution in [0, 0.1) is 0 Å². The molecule has 26 heavy (non-hydrogen) atoms. The van der Waals surface area contributed by atoms with Gasteiger partial charge in [0.05, 0.1) is 5.60 Å². The molecule has 0 radical (unpaired) electrons. The lowest BCUT2D eigenvalue weighted by Gasteiger charge is -2.34. The van der Waals surface area contributed by atoms with Crippen LogP contribution in [0.5, 0.6) is 0 Å². The van der Waals surface area contributed by atoms with Crippen molar-refractivity contribution in [3.63, 3.8) is 0 Å². The van der Waals surface area contributed by atoms with Gasteiger partial charge in [-0.3, -0.25) is 0 Å². The van der Waals surface area contributed by atoms with Crippen LogP contribution in [0.1, 0.15) is 30.9 Å². The maximum atomic E-state index is 12.4. The number of hydrogen-bond donors (Lipinski definition) is 3. The fraction of sp³-hybridized carbons (Fsp3) is 0.300. The first-order chi connectivity index (χ1) is 12.2. The van der Waals surface area contributed by atoms with E-state index in [1.807, 2.05) is 48.5 Å². The molecule has 0 saturated carbocycles. The number of carboxylic acids is 1. The molecule has 6 nitrogen and oxygen atoms in total. The van der Waals surface area contributed by atoms with E-state index in [0.717, 1.165) is 22.3 Å². The molecular weight excluding hydrogens is 334 g/mol. The minimum Gasteiger partial charge on any atom is -0.479 e. The normalized spacial score (nSPS) is 15.7. The molecule has 0 bridgehead atoms. The Hall–Kier alpha value is -2.70. The van der Waals surface area contributed by atoms with Gasteiger partial charge >= 0.3 is 11.9 Å². The van der Waals surface area contributed by atoms with Crippen molar-refractivity contribution >= 4 is 11.9 Å². The highest BCUT2D eigenvalue weighted by atomic mass is 16.5. The number of rotatable bonds is 5. The molecule has 0 aromatic heterocycles. The van der Waals surface area contributed by atoms with Crippen LogP contribution in [0.4, 0.5) is 0 Å². The van der Waals surface area contributed by atoms with Gasteiger partial charge in [-0.1, -0.05) is 48.5 Å². The molecule has 0 fully saturated rings. The molecule has 0 amide bonds. The minimum absolute atomic E-state index is 0.0603.